The normalized spacial score (nSPS) is 11.7. The number of thioether (sulfide) groups is 1. The Hall–Kier alpha value is -5.39. The van der Waals surface area contributed by atoms with Crippen LogP contribution in [0, 0.1) is 6.92 Å². The third-order valence-electron chi connectivity index (χ3n) is 8.15. The third kappa shape index (κ3) is 6.87. The predicted molar refractivity (Wildman–Crippen MR) is 195 cm³/mol. The molecule has 2 heterocycles. The van der Waals surface area contributed by atoms with E-state index in [9.17, 15) is 9.90 Å². The van der Waals surface area contributed by atoms with Gasteiger partial charge in [-0.15, -0.1) is 11.8 Å². The Kier molecular flexibility index (Phi) is 10.4. The molecule has 0 spiro atoms. The molecule has 0 saturated carbocycles. The van der Waals surface area contributed by atoms with Crippen LogP contribution in [0.25, 0.3) is 44.5 Å². The molecule has 6 rings (SSSR count). The standard InChI is InChI=1S/C39H37NO9S/c1-22-11-13-23(14-12-22)29-19-34(27-9-7-8-10-28(27)40-29)50-21-25(41)20-48-39-36(42)35-30(44-3)17-26(43-2)18-31(35)49-37(39)24-15-32(45-4)38(47-6)33(16-24)46-5/h7-19,25,41H,20-21H2,1-6H3. The van der Waals surface area contributed by atoms with Crippen molar-refractivity contribution in [1.29, 1.82) is 0 Å². The highest BCUT2D eigenvalue weighted by molar-refractivity contribution is 7.99. The van der Waals surface area contributed by atoms with Gasteiger partial charge in [0, 0.05) is 39.3 Å². The molecule has 1 N–H and O–H groups in total. The van der Waals surface area contributed by atoms with Crippen LogP contribution in [-0.4, -0.2) is 64.1 Å². The molecule has 0 fully saturated rings. The summed E-state index contributed by atoms with van der Waals surface area (Å²) in [6.07, 6.45) is -0.963. The van der Waals surface area contributed by atoms with Gasteiger partial charge in [0.05, 0.1) is 52.9 Å². The van der Waals surface area contributed by atoms with E-state index in [4.69, 9.17) is 37.8 Å². The first-order chi connectivity index (χ1) is 24.3. The van der Waals surface area contributed by atoms with Crippen LogP contribution in [0.4, 0.5) is 0 Å². The summed E-state index contributed by atoms with van der Waals surface area (Å²) in [5.41, 5.74) is 4.01. The fourth-order valence-corrected chi connectivity index (χ4v) is 6.60. The van der Waals surface area contributed by atoms with Crippen LogP contribution in [0.5, 0.6) is 34.5 Å². The average molecular weight is 696 g/mol. The third-order valence-corrected chi connectivity index (χ3v) is 9.35. The van der Waals surface area contributed by atoms with Crippen LogP contribution in [-0.2, 0) is 0 Å². The van der Waals surface area contributed by atoms with Crippen LogP contribution in [0.1, 0.15) is 5.56 Å². The average Bonchev–Trinajstić information content (AvgIpc) is 3.15. The monoisotopic (exact) mass is 695 g/mol. The van der Waals surface area contributed by atoms with E-state index in [1.807, 2.05) is 37.3 Å². The second-order valence-electron chi connectivity index (χ2n) is 11.4. The Morgan fingerprint density at radius 1 is 0.780 bits per heavy atom. The molecule has 1 atom stereocenters. The first-order valence-electron chi connectivity index (χ1n) is 15.7. The fraction of sp³-hybridized carbons (Fsp3) is 0.231. The summed E-state index contributed by atoms with van der Waals surface area (Å²) in [5, 5.41) is 12.4. The van der Waals surface area contributed by atoms with Crippen molar-refractivity contribution in [2.75, 3.05) is 47.9 Å². The maximum atomic E-state index is 14.2. The first kappa shape index (κ1) is 34.5. The van der Waals surface area contributed by atoms with E-state index >= 15 is 0 Å². The molecule has 0 aliphatic heterocycles. The molecule has 6 aromatic rings. The summed E-state index contributed by atoms with van der Waals surface area (Å²) in [5.74, 6) is 2.02. The number of aliphatic hydroxyl groups is 1. The van der Waals surface area contributed by atoms with Crippen LogP contribution < -0.4 is 33.8 Å². The number of hydrogen-bond acceptors (Lipinski definition) is 11. The molecule has 1 unspecified atom stereocenters. The number of fused-ring (bicyclic) bond motifs is 2. The molecule has 11 heteroatoms. The number of aliphatic hydroxyl groups excluding tert-OH is 1. The summed E-state index contributed by atoms with van der Waals surface area (Å²) >= 11 is 1.48. The topological polar surface area (TPSA) is 119 Å². The lowest BCUT2D eigenvalue weighted by Gasteiger charge is -2.18. The Morgan fingerprint density at radius 3 is 2.14 bits per heavy atom. The predicted octanol–water partition coefficient (Wildman–Crippen LogP) is 7.56. The largest absolute Gasteiger partial charge is 0.496 e. The molecule has 0 aliphatic carbocycles. The van der Waals surface area contributed by atoms with Crippen molar-refractivity contribution in [1.82, 2.24) is 4.98 Å². The molecule has 258 valence electrons. The molecule has 0 bridgehead atoms. The minimum Gasteiger partial charge on any atom is -0.496 e. The van der Waals surface area contributed by atoms with Gasteiger partial charge in [-0.1, -0.05) is 48.0 Å². The molecule has 0 aliphatic rings. The van der Waals surface area contributed by atoms with Crippen molar-refractivity contribution < 1.29 is 37.9 Å². The van der Waals surface area contributed by atoms with Crippen molar-refractivity contribution in [3.63, 3.8) is 0 Å². The number of aromatic nitrogens is 1. The molecule has 50 heavy (non-hydrogen) atoms. The maximum Gasteiger partial charge on any atom is 0.239 e. The van der Waals surface area contributed by atoms with E-state index in [-0.39, 0.29) is 40.6 Å². The summed E-state index contributed by atoms with van der Waals surface area (Å²) in [4.78, 5) is 20.0. The maximum absolute atomic E-state index is 14.2. The Balaban J connectivity index is 1.35. The van der Waals surface area contributed by atoms with Gasteiger partial charge < -0.3 is 37.9 Å². The summed E-state index contributed by atoms with van der Waals surface area (Å²) < 4.78 is 40.1. The number of hydrogen-bond donors (Lipinski definition) is 1. The number of pyridine rings is 1. The summed E-state index contributed by atoms with van der Waals surface area (Å²) in [7, 11) is 7.45. The molecule has 0 radical (unpaired) electrons. The van der Waals surface area contributed by atoms with Crippen LogP contribution in [0.3, 0.4) is 0 Å². The van der Waals surface area contributed by atoms with E-state index in [1.54, 1.807) is 24.3 Å². The zero-order valence-corrected chi connectivity index (χ0v) is 29.4. The summed E-state index contributed by atoms with van der Waals surface area (Å²) in [6, 6.07) is 24.7. The number of benzene rings is 4. The Morgan fingerprint density at radius 2 is 1.48 bits per heavy atom. The smallest absolute Gasteiger partial charge is 0.239 e. The first-order valence-corrected chi connectivity index (χ1v) is 16.7. The van der Waals surface area contributed by atoms with E-state index in [1.165, 1.54) is 52.9 Å². The highest BCUT2D eigenvalue weighted by atomic mass is 32.2. The lowest BCUT2D eigenvalue weighted by molar-refractivity contribution is 0.125. The lowest BCUT2D eigenvalue weighted by atomic mass is 10.1. The molecule has 0 amide bonds. The van der Waals surface area contributed by atoms with Crippen LogP contribution >= 0.6 is 11.8 Å². The van der Waals surface area contributed by atoms with Gasteiger partial charge in [-0.25, -0.2) is 4.98 Å². The number of rotatable bonds is 13. The number of para-hydroxylation sites is 1. The minimum absolute atomic E-state index is 0.0970. The summed E-state index contributed by atoms with van der Waals surface area (Å²) in [6.45, 7) is 1.85. The second-order valence-corrected chi connectivity index (χ2v) is 12.4. The second kappa shape index (κ2) is 15.0. The highest BCUT2D eigenvalue weighted by Crippen LogP contribution is 2.44. The van der Waals surface area contributed by atoms with Crippen molar-refractivity contribution in [2.45, 2.75) is 17.9 Å². The zero-order valence-electron chi connectivity index (χ0n) is 28.6. The van der Waals surface area contributed by atoms with Crippen molar-refractivity contribution in [3.8, 4) is 57.1 Å². The lowest BCUT2D eigenvalue weighted by Crippen LogP contribution is -2.23. The van der Waals surface area contributed by atoms with Crippen molar-refractivity contribution in [3.05, 3.63) is 94.6 Å². The van der Waals surface area contributed by atoms with Gasteiger partial charge >= 0.3 is 0 Å². The van der Waals surface area contributed by atoms with Crippen LogP contribution in [0.15, 0.2) is 93.0 Å². The molecule has 10 nitrogen and oxygen atoms in total. The van der Waals surface area contributed by atoms with Gasteiger partial charge in [0.1, 0.15) is 29.1 Å². The highest BCUT2D eigenvalue weighted by Gasteiger charge is 2.25. The Labute approximate surface area is 293 Å². The number of nitrogens with zero attached hydrogens (tertiary/aromatic N) is 1. The van der Waals surface area contributed by atoms with Gasteiger partial charge in [0.2, 0.25) is 16.9 Å². The van der Waals surface area contributed by atoms with Gasteiger partial charge in [0.25, 0.3) is 0 Å². The van der Waals surface area contributed by atoms with E-state index < -0.39 is 11.5 Å². The molecule has 0 saturated heterocycles. The molecule has 4 aromatic carbocycles. The molecular weight excluding hydrogens is 658 g/mol. The molecule has 2 aromatic heterocycles. The molecular formula is C39H37NO9S. The SMILES string of the molecule is COc1cc(OC)c2c(=O)c(OCC(O)CSc3cc(-c4ccc(C)cc4)nc4ccccc34)c(-c3cc(OC)c(OC)c(OC)c3)oc2c1. The van der Waals surface area contributed by atoms with Gasteiger partial charge in [-0.3, -0.25) is 4.79 Å². The van der Waals surface area contributed by atoms with E-state index in [0.29, 0.717) is 28.6 Å². The van der Waals surface area contributed by atoms with Gasteiger partial charge in [-0.05, 0) is 31.2 Å². The van der Waals surface area contributed by atoms with Gasteiger partial charge in [0.15, 0.2) is 17.3 Å². The minimum atomic E-state index is -0.963. The van der Waals surface area contributed by atoms with Crippen molar-refractivity contribution in [2.24, 2.45) is 0 Å². The fourth-order valence-electron chi connectivity index (χ4n) is 5.60. The van der Waals surface area contributed by atoms with E-state index in [2.05, 4.69) is 24.3 Å². The zero-order chi connectivity index (χ0) is 35.4. The van der Waals surface area contributed by atoms with Crippen LogP contribution in [0.2, 0.25) is 0 Å². The Bertz CT molecular complexity index is 2190. The van der Waals surface area contributed by atoms with Crippen molar-refractivity contribution >= 4 is 33.6 Å². The quantitative estimate of drug-likeness (QED) is 0.121. The number of ether oxygens (including phenoxy) is 6. The number of aryl methyl sites for hydroxylation is 1. The van der Waals surface area contributed by atoms with E-state index in [0.717, 1.165) is 27.1 Å². The van der Waals surface area contributed by atoms with Gasteiger partial charge in [-0.2, -0.15) is 0 Å². The number of methoxy groups -OCH3 is 5.